The SMILES string of the molecule is CC(CNc1cc(Br)ncn1)N(C)C. The molecule has 1 aromatic rings. The molecule has 1 unspecified atom stereocenters. The summed E-state index contributed by atoms with van der Waals surface area (Å²) in [5.74, 6) is 0.848. The van der Waals surface area contributed by atoms with Gasteiger partial charge in [0.25, 0.3) is 0 Å². The summed E-state index contributed by atoms with van der Waals surface area (Å²) in [6.07, 6.45) is 1.53. The Kier molecular flexibility index (Phi) is 4.28. The number of aromatic nitrogens is 2. The standard InChI is InChI=1S/C9H15BrN4/c1-7(14(2)3)5-11-9-4-8(10)12-6-13-9/h4,6-7H,5H2,1-3H3,(H,11,12,13). The number of nitrogens with one attached hydrogen (secondary N) is 1. The summed E-state index contributed by atoms with van der Waals surface area (Å²) < 4.78 is 0.799. The molecule has 1 atom stereocenters. The van der Waals surface area contributed by atoms with Gasteiger partial charge in [-0.05, 0) is 36.9 Å². The molecule has 0 aliphatic rings. The van der Waals surface area contributed by atoms with E-state index in [4.69, 9.17) is 0 Å². The first-order valence-electron chi connectivity index (χ1n) is 4.47. The number of hydrogen-bond donors (Lipinski definition) is 1. The number of hydrogen-bond acceptors (Lipinski definition) is 4. The van der Waals surface area contributed by atoms with E-state index >= 15 is 0 Å². The smallest absolute Gasteiger partial charge is 0.130 e. The van der Waals surface area contributed by atoms with E-state index in [-0.39, 0.29) is 0 Å². The molecule has 14 heavy (non-hydrogen) atoms. The predicted molar refractivity (Wildman–Crippen MR) is 61.4 cm³/mol. The molecule has 0 aliphatic carbocycles. The summed E-state index contributed by atoms with van der Waals surface area (Å²) in [6, 6.07) is 2.34. The molecule has 5 heteroatoms. The van der Waals surface area contributed by atoms with E-state index in [0.717, 1.165) is 17.0 Å². The van der Waals surface area contributed by atoms with Gasteiger partial charge in [0.1, 0.15) is 16.7 Å². The van der Waals surface area contributed by atoms with Crippen molar-refractivity contribution in [1.82, 2.24) is 14.9 Å². The third-order valence-electron chi connectivity index (χ3n) is 2.09. The van der Waals surface area contributed by atoms with Gasteiger partial charge in [-0.15, -0.1) is 0 Å². The van der Waals surface area contributed by atoms with E-state index in [1.165, 1.54) is 6.33 Å². The molecule has 1 aromatic heterocycles. The second-order valence-electron chi connectivity index (χ2n) is 3.42. The lowest BCUT2D eigenvalue weighted by Crippen LogP contribution is -2.31. The molecule has 4 nitrogen and oxygen atoms in total. The van der Waals surface area contributed by atoms with Crippen LogP contribution in [0.4, 0.5) is 5.82 Å². The van der Waals surface area contributed by atoms with Gasteiger partial charge in [-0.25, -0.2) is 9.97 Å². The van der Waals surface area contributed by atoms with Crippen LogP contribution in [-0.2, 0) is 0 Å². The van der Waals surface area contributed by atoms with Gasteiger partial charge in [0, 0.05) is 18.7 Å². The molecule has 1 rings (SSSR count). The van der Waals surface area contributed by atoms with Crippen LogP contribution in [0.5, 0.6) is 0 Å². The normalized spacial score (nSPS) is 12.9. The molecular weight excluding hydrogens is 244 g/mol. The molecule has 0 radical (unpaired) electrons. The third-order valence-corrected chi connectivity index (χ3v) is 2.53. The summed E-state index contributed by atoms with van der Waals surface area (Å²) in [5.41, 5.74) is 0. The first kappa shape index (κ1) is 11.4. The van der Waals surface area contributed by atoms with Crippen molar-refractivity contribution >= 4 is 21.7 Å². The van der Waals surface area contributed by atoms with Crippen LogP contribution in [0.3, 0.4) is 0 Å². The van der Waals surface area contributed by atoms with Crippen molar-refractivity contribution in [2.45, 2.75) is 13.0 Å². The van der Waals surface area contributed by atoms with Crippen LogP contribution in [0, 0.1) is 0 Å². The third kappa shape index (κ3) is 3.59. The molecule has 0 saturated heterocycles. The molecule has 1 heterocycles. The number of rotatable bonds is 4. The molecule has 0 bridgehead atoms. The van der Waals surface area contributed by atoms with Crippen molar-refractivity contribution in [2.75, 3.05) is 26.0 Å². The molecule has 78 valence electrons. The molecule has 0 aromatic carbocycles. The highest BCUT2D eigenvalue weighted by molar-refractivity contribution is 9.10. The maximum absolute atomic E-state index is 4.10. The van der Waals surface area contributed by atoms with E-state index in [2.05, 4.69) is 57.1 Å². The Morgan fingerprint density at radius 3 is 2.79 bits per heavy atom. The van der Waals surface area contributed by atoms with E-state index in [9.17, 15) is 0 Å². The Bertz CT molecular complexity index is 290. The van der Waals surface area contributed by atoms with E-state index in [1.807, 2.05) is 6.07 Å². The topological polar surface area (TPSA) is 41.1 Å². The predicted octanol–water partition coefficient (Wildman–Crippen LogP) is 1.60. The van der Waals surface area contributed by atoms with Gasteiger partial charge in [-0.3, -0.25) is 0 Å². The number of anilines is 1. The maximum Gasteiger partial charge on any atom is 0.130 e. The highest BCUT2D eigenvalue weighted by Gasteiger charge is 2.04. The average Bonchev–Trinajstić information content (AvgIpc) is 2.14. The van der Waals surface area contributed by atoms with Gasteiger partial charge in [0.15, 0.2) is 0 Å². The van der Waals surface area contributed by atoms with Crippen LogP contribution >= 0.6 is 15.9 Å². The molecule has 0 amide bonds. The molecule has 0 fully saturated rings. The van der Waals surface area contributed by atoms with Gasteiger partial charge in [0.2, 0.25) is 0 Å². The molecule has 0 saturated carbocycles. The van der Waals surface area contributed by atoms with Crippen LogP contribution in [0.25, 0.3) is 0 Å². The van der Waals surface area contributed by atoms with Crippen molar-refractivity contribution in [3.8, 4) is 0 Å². The van der Waals surface area contributed by atoms with Crippen molar-refractivity contribution in [3.63, 3.8) is 0 Å². The Morgan fingerprint density at radius 2 is 2.21 bits per heavy atom. The average molecular weight is 259 g/mol. The lowest BCUT2D eigenvalue weighted by molar-refractivity contribution is 0.326. The Hall–Kier alpha value is -0.680. The van der Waals surface area contributed by atoms with Crippen molar-refractivity contribution in [1.29, 1.82) is 0 Å². The van der Waals surface area contributed by atoms with Crippen LogP contribution in [0.1, 0.15) is 6.92 Å². The first-order chi connectivity index (χ1) is 6.59. The quantitative estimate of drug-likeness (QED) is 0.834. The summed E-state index contributed by atoms with van der Waals surface area (Å²) in [5, 5.41) is 3.24. The van der Waals surface area contributed by atoms with Crippen LogP contribution in [-0.4, -0.2) is 41.5 Å². The number of nitrogens with zero attached hydrogens (tertiary/aromatic N) is 3. The number of halogens is 1. The van der Waals surface area contributed by atoms with Gasteiger partial charge in [-0.1, -0.05) is 0 Å². The van der Waals surface area contributed by atoms with Gasteiger partial charge < -0.3 is 10.2 Å². The zero-order valence-electron chi connectivity index (χ0n) is 8.66. The molecule has 0 aliphatic heterocycles. The highest BCUT2D eigenvalue weighted by atomic mass is 79.9. The summed E-state index contributed by atoms with van der Waals surface area (Å²) >= 11 is 3.30. The number of likely N-dealkylation sites (N-methyl/N-ethyl adjacent to an activating group) is 1. The summed E-state index contributed by atoms with van der Waals surface area (Å²) in [7, 11) is 4.12. The molecule has 1 N–H and O–H groups in total. The van der Waals surface area contributed by atoms with E-state index in [1.54, 1.807) is 0 Å². The zero-order valence-corrected chi connectivity index (χ0v) is 10.2. The van der Waals surface area contributed by atoms with Gasteiger partial charge in [0.05, 0.1) is 0 Å². The lowest BCUT2D eigenvalue weighted by Gasteiger charge is -2.20. The fraction of sp³-hybridized carbons (Fsp3) is 0.556. The zero-order chi connectivity index (χ0) is 10.6. The Labute approximate surface area is 92.9 Å². The highest BCUT2D eigenvalue weighted by Crippen LogP contribution is 2.09. The maximum atomic E-state index is 4.10. The Morgan fingerprint density at radius 1 is 1.50 bits per heavy atom. The largest absolute Gasteiger partial charge is 0.368 e. The minimum atomic E-state index is 0.476. The van der Waals surface area contributed by atoms with E-state index in [0.29, 0.717) is 6.04 Å². The minimum absolute atomic E-state index is 0.476. The minimum Gasteiger partial charge on any atom is -0.368 e. The molecule has 0 spiro atoms. The molecular formula is C9H15BrN4. The van der Waals surface area contributed by atoms with Gasteiger partial charge in [-0.2, -0.15) is 0 Å². The van der Waals surface area contributed by atoms with Crippen molar-refractivity contribution in [3.05, 3.63) is 17.0 Å². The van der Waals surface area contributed by atoms with E-state index < -0.39 is 0 Å². The fourth-order valence-electron chi connectivity index (χ4n) is 0.865. The fourth-order valence-corrected chi connectivity index (χ4v) is 1.17. The second kappa shape index (κ2) is 5.26. The lowest BCUT2D eigenvalue weighted by atomic mass is 10.3. The Balaban J connectivity index is 2.45. The van der Waals surface area contributed by atoms with Crippen molar-refractivity contribution in [2.24, 2.45) is 0 Å². The first-order valence-corrected chi connectivity index (χ1v) is 5.26. The van der Waals surface area contributed by atoms with Crippen LogP contribution in [0.2, 0.25) is 0 Å². The summed E-state index contributed by atoms with van der Waals surface area (Å²) in [6.45, 7) is 3.03. The van der Waals surface area contributed by atoms with Crippen LogP contribution < -0.4 is 5.32 Å². The van der Waals surface area contributed by atoms with Gasteiger partial charge >= 0.3 is 0 Å². The van der Waals surface area contributed by atoms with Crippen LogP contribution in [0.15, 0.2) is 17.0 Å². The monoisotopic (exact) mass is 258 g/mol. The second-order valence-corrected chi connectivity index (χ2v) is 4.23. The summed E-state index contributed by atoms with van der Waals surface area (Å²) in [4.78, 5) is 10.2. The van der Waals surface area contributed by atoms with Crippen molar-refractivity contribution < 1.29 is 0 Å².